The van der Waals surface area contributed by atoms with Crippen LogP contribution in [0.1, 0.15) is 10.4 Å². The second kappa shape index (κ2) is 8.89. The average molecular weight is 435 g/mol. The van der Waals surface area contributed by atoms with Crippen molar-refractivity contribution >= 4 is 39.5 Å². The number of nitrogens with one attached hydrogen (secondary N) is 1. The van der Waals surface area contributed by atoms with Crippen LogP contribution in [0, 0.1) is 0 Å². The van der Waals surface area contributed by atoms with Gasteiger partial charge in [0, 0.05) is 22.9 Å². The lowest BCUT2D eigenvalue weighted by molar-refractivity contribution is -0.119. The highest BCUT2D eigenvalue weighted by Crippen LogP contribution is 2.36. The zero-order valence-corrected chi connectivity index (χ0v) is 17.8. The summed E-state index contributed by atoms with van der Waals surface area (Å²) in [5.41, 5.74) is 1.94. The molecule has 32 heavy (non-hydrogen) atoms. The smallest absolute Gasteiger partial charge is 0.338 e. The van der Waals surface area contributed by atoms with Crippen LogP contribution in [0.5, 0.6) is 17.2 Å². The van der Waals surface area contributed by atoms with Crippen molar-refractivity contribution in [3.8, 4) is 17.2 Å². The highest BCUT2D eigenvalue weighted by Gasteiger charge is 2.16. The van der Waals surface area contributed by atoms with Crippen LogP contribution in [-0.4, -0.2) is 39.8 Å². The van der Waals surface area contributed by atoms with Gasteiger partial charge >= 0.3 is 5.97 Å². The first-order chi connectivity index (χ1) is 15.5. The second-order valence-corrected chi connectivity index (χ2v) is 6.87. The minimum absolute atomic E-state index is 0.204. The molecule has 0 fully saturated rings. The van der Waals surface area contributed by atoms with Crippen molar-refractivity contribution in [3.05, 3.63) is 60.2 Å². The van der Waals surface area contributed by atoms with Crippen LogP contribution in [0.25, 0.3) is 21.9 Å². The van der Waals surface area contributed by atoms with Gasteiger partial charge in [-0.05, 0) is 24.3 Å². The van der Waals surface area contributed by atoms with Crippen molar-refractivity contribution in [1.82, 2.24) is 0 Å². The van der Waals surface area contributed by atoms with E-state index < -0.39 is 18.5 Å². The highest BCUT2D eigenvalue weighted by atomic mass is 16.5. The molecule has 0 atom stereocenters. The van der Waals surface area contributed by atoms with Crippen molar-refractivity contribution in [2.24, 2.45) is 0 Å². The number of hydrogen-bond donors (Lipinski definition) is 1. The molecule has 0 bridgehead atoms. The summed E-state index contributed by atoms with van der Waals surface area (Å²) in [6.45, 7) is -0.486. The number of amides is 1. The zero-order chi connectivity index (χ0) is 22.7. The number of esters is 1. The molecule has 0 aliphatic heterocycles. The van der Waals surface area contributed by atoms with Crippen LogP contribution in [0.2, 0.25) is 0 Å². The maximum Gasteiger partial charge on any atom is 0.338 e. The van der Waals surface area contributed by atoms with E-state index in [1.807, 2.05) is 24.3 Å². The molecular formula is C24H21NO7. The Morgan fingerprint density at radius 3 is 2.25 bits per heavy atom. The van der Waals surface area contributed by atoms with Gasteiger partial charge in [-0.3, -0.25) is 4.79 Å². The lowest BCUT2D eigenvalue weighted by Gasteiger charge is -2.11. The molecule has 0 spiro atoms. The van der Waals surface area contributed by atoms with Crippen LogP contribution in [0.4, 0.5) is 5.69 Å². The molecule has 8 nitrogen and oxygen atoms in total. The van der Waals surface area contributed by atoms with Gasteiger partial charge in [-0.2, -0.15) is 0 Å². The van der Waals surface area contributed by atoms with Gasteiger partial charge in [0.05, 0.1) is 32.6 Å². The highest BCUT2D eigenvalue weighted by molar-refractivity contribution is 6.08. The number of hydrogen-bond acceptors (Lipinski definition) is 7. The molecule has 0 saturated carbocycles. The average Bonchev–Trinajstić information content (AvgIpc) is 3.18. The van der Waals surface area contributed by atoms with E-state index in [1.165, 1.54) is 33.5 Å². The Labute approximate surface area is 183 Å². The number of carbonyl (C=O) groups excluding carboxylic acids is 2. The molecule has 164 valence electrons. The SMILES string of the molecule is COc1cc(OC)cc(C(=O)OCC(=O)Nc2cc3oc4ccccc4c3cc2OC)c1. The largest absolute Gasteiger partial charge is 0.497 e. The first-order valence-corrected chi connectivity index (χ1v) is 9.71. The predicted molar refractivity (Wildman–Crippen MR) is 119 cm³/mol. The molecule has 0 saturated heterocycles. The Balaban J connectivity index is 1.49. The molecule has 0 aliphatic rings. The monoisotopic (exact) mass is 435 g/mol. The van der Waals surface area contributed by atoms with E-state index in [-0.39, 0.29) is 5.56 Å². The van der Waals surface area contributed by atoms with Crippen LogP contribution in [0.3, 0.4) is 0 Å². The van der Waals surface area contributed by atoms with E-state index in [9.17, 15) is 9.59 Å². The maximum atomic E-state index is 12.4. The van der Waals surface area contributed by atoms with Crippen molar-refractivity contribution in [2.75, 3.05) is 33.3 Å². The number of carbonyl (C=O) groups is 2. The molecule has 3 aromatic carbocycles. The van der Waals surface area contributed by atoms with E-state index in [4.69, 9.17) is 23.4 Å². The third-order valence-corrected chi connectivity index (χ3v) is 4.89. The first-order valence-electron chi connectivity index (χ1n) is 9.71. The van der Waals surface area contributed by atoms with Gasteiger partial charge < -0.3 is 28.7 Å². The van der Waals surface area contributed by atoms with E-state index in [2.05, 4.69) is 5.32 Å². The number of benzene rings is 3. The summed E-state index contributed by atoms with van der Waals surface area (Å²) in [6.07, 6.45) is 0. The van der Waals surface area contributed by atoms with Gasteiger partial charge in [0.15, 0.2) is 6.61 Å². The molecule has 4 aromatic rings. The minimum atomic E-state index is -0.683. The number of para-hydroxylation sites is 1. The number of ether oxygens (including phenoxy) is 4. The molecule has 1 heterocycles. The summed E-state index contributed by atoms with van der Waals surface area (Å²) in [6, 6.07) is 15.7. The van der Waals surface area contributed by atoms with Gasteiger partial charge in [-0.1, -0.05) is 18.2 Å². The Hall–Kier alpha value is -4.20. The minimum Gasteiger partial charge on any atom is -0.497 e. The molecule has 1 N–H and O–H groups in total. The van der Waals surface area contributed by atoms with Crippen molar-refractivity contribution < 1.29 is 33.0 Å². The van der Waals surface area contributed by atoms with Crippen molar-refractivity contribution in [3.63, 3.8) is 0 Å². The number of methoxy groups -OCH3 is 3. The summed E-state index contributed by atoms with van der Waals surface area (Å²) in [4.78, 5) is 24.8. The lowest BCUT2D eigenvalue weighted by atomic mass is 10.1. The molecule has 1 aromatic heterocycles. The van der Waals surface area contributed by atoms with Gasteiger partial charge in [-0.15, -0.1) is 0 Å². The van der Waals surface area contributed by atoms with Crippen LogP contribution >= 0.6 is 0 Å². The van der Waals surface area contributed by atoms with Gasteiger partial charge in [0.1, 0.15) is 28.4 Å². The fourth-order valence-electron chi connectivity index (χ4n) is 3.34. The van der Waals surface area contributed by atoms with E-state index in [1.54, 1.807) is 18.2 Å². The number of anilines is 1. The summed E-state index contributed by atoms with van der Waals surface area (Å²) in [7, 11) is 4.46. The molecule has 4 rings (SSSR count). The van der Waals surface area contributed by atoms with Crippen molar-refractivity contribution in [1.29, 1.82) is 0 Å². The van der Waals surface area contributed by atoms with Crippen LogP contribution < -0.4 is 19.5 Å². The molecular weight excluding hydrogens is 414 g/mol. The summed E-state index contributed by atoms with van der Waals surface area (Å²) < 4.78 is 26.7. The quantitative estimate of drug-likeness (QED) is 0.430. The molecule has 8 heteroatoms. The fraction of sp³-hybridized carbons (Fsp3) is 0.167. The standard InChI is InChI=1S/C24H21NO7/c1-28-15-8-14(9-16(10-15)29-2)24(27)31-13-23(26)25-19-12-21-18(11-22(19)30-3)17-6-4-5-7-20(17)32-21/h4-12H,13H2,1-3H3,(H,25,26). The first kappa shape index (κ1) is 21.0. The van der Waals surface area contributed by atoms with Crippen LogP contribution in [-0.2, 0) is 9.53 Å². The Kier molecular flexibility index (Phi) is 5.85. The van der Waals surface area contributed by atoms with Gasteiger partial charge in [-0.25, -0.2) is 4.79 Å². The van der Waals surface area contributed by atoms with Gasteiger partial charge in [0.2, 0.25) is 0 Å². The van der Waals surface area contributed by atoms with E-state index >= 15 is 0 Å². The molecule has 1 amide bonds. The Morgan fingerprint density at radius 2 is 1.56 bits per heavy atom. The van der Waals surface area contributed by atoms with Crippen molar-refractivity contribution in [2.45, 2.75) is 0 Å². The topological polar surface area (TPSA) is 96.2 Å². The maximum absolute atomic E-state index is 12.4. The summed E-state index contributed by atoms with van der Waals surface area (Å²) in [5, 5.41) is 4.51. The Morgan fingerprint density at radius 1 is 0.844 bits per heavy atom. The zero-order valence-electron chi connectivity index (χ0n) is 17.8. The van der Waals surface area contributed by atoms with Crippen LogP contribution in [0.15, 0.2) is 59.0 Å². The van der Waals surface area contributed by atoms with E-state index in [0.717, 1.165) is 16.4 Å². The lowest BCUT2D eigenvalue weighted by Crippen LogP contribution is -2.21. The fourth-order valence-corrected chi connectivity index (χ4v) is 3.34. The number of furan rings is 1. The molecule has 0 radical (unpaired) electrons. The number of fused-ring (bicyclic) bond motifs is 3. The molecule has 0 unspecified atom stereocenters. The number of rotatable bonds is 7. The van der Waals surface area contributed by atoms with Gasteiger partial charge in [0.25, 0.3) is 5.91 Å². The molecule has 0 aliphatic carbocycles. The third kappa shape index (κ3) is 4.15. The summed E-state index contributed by atoms with van der Waals surface area (Å²) >= 11 is 0. The predicted octanol–water partition coefficient (Wildman–Crippen LogP) is 4.41. The second-order valence-electron chi connectivity index (χ2n) is 6.87. The normalized spacial score (nSPS) is 10.7. The van der Waals surface area contributed by atoms with E-state index in [0.29, 0.717) is 28.5 Å². The Bertz CT molecular complexity index is 1290. The third-order valence-electron chi connectivity index (χ3n) is 4.89. The summed E-state index contributed by atoms with van der Waals surface area (Å²) in [5.74, 6) is 0.120.